The number of anilines is 2. The van der Waals surface area contributed by atoms with Crippen molar-refractivity contribution >= 4 is 21.4 Å². The fourth-order valence-corrected chi connectivity index (χ4v) is 2.84. The number of rotatable bonds is 5. The minimum atomic E-state index is -3.87. The second-order valence-electron chi connectivity index (χ2n) is 4.07. The zero-order chi connectivity index (χ0) is 15.5. The number of nitrogens with one attached hydrogen (secondary N) is 1. The average Bonchev–Trinajstić information content (AvgIpc) is 2.47. The van der Waals surface area contributed by atoms with Crippen molar-refractivity contribution in [3.8, 4) is 11.5 Å². The standard InChI is InChI=1S/C13H15N3O4S/c1-19-11-6-5-9(8-12(11)20-2)16-21(17,18)13-10(14)4-3-7-15-13/h3-8,16H,14H2,1-2H3. The van der Waals surface area contributed by atoms with Gasteiger partial charge in [0.15, 0.2) is 16.5 Å². The van der Waals surface area contributed by atoms with E-state index in [0.29, 0.717) is 17.2 Å². The highest BCUT2D eigenvalue weighted by atomic mass is 32.2. The summed E-state index contributed by atoms with van der Waals surface area (Å²) >= 11 is 0. The van der Waals surface area contributed by atoms with Crippen LogP contribution < -0.4 is 19.9 Å². The van der Waals surface area contributed by atoms with Gasteiger partial charge in [-0.1, -0.05) is 0 Å². The number of ether oxygens (including phenoxy) is 2. The largest absolute Gasteiger partial charge is 0.493 e. The van der Waals surface area contributed by atoms with Crippen LogP contribution >= 0.6 is 0 Å². The molecule has 1 aromatic heterocycles. The summed E-state index contributed by atoms with van der Waals surface area (Å²) in [6, 6.07) is 7.69. The monoisotopic (exact) mass is 309 g/mol. The minimum Gasteiger partial charge on any atom is -0.493 e. The number of nitrogen functional groups attached to an aromatic ring is 1. The van der Waals surface area contributed by atoms with E-state index < -0.39 is 10.0 Å². The van der Waals surface area contributed by atoms with Crippen molar-refractivity contribution in [2.45, 2.75) is 5.03 Å². The van der Waals surface area contributed by atoms with Gasteiger partial charge in [0.05, 0.1) is 25.6 Å². The van der Waals surface area contributed by atoms with Gasteiger partial charge in [-0.15, -0.1) is 0 Å². The van der Waals surface area contributed by atoms with Gasteiger partial charge < -0.3 is 15.2 Å². The number of pyridine rings is 1. The molecule has 0 saturated heterocycles. The number of methoxy groups -OCH3 is 2. The molecule has 0 aliphatic rings. The minimum absolute atomic E-state index is 0.0745. The maximum Gasteiger partial charge on any atom is 0.281 e. The quantitative estimate of drug-likeness (QED) is 0.867. The highest BCUT2D eigenvalue weighted by molar-refractivity contribution is 7.92. The lowest BCUT2D eigenvalue weighted by atomic mass is 10.3. The van der Waals surface area contributed by atoms with Crippen LogP contribution in [0.1, 0.15) is 0 Å². The highest BCUT2D eigenvalue weighted by Gasteiger charge is 2.19. The summed E-state index contributed by atoms with van der Waals surface area (Å²) in [6.45, 7) is 0. The number of aromatic nitrogens is 1. The second-order valence-corrected chi connectivity index (χ2v) is 5.67. The van der Waals surface area contributed by atoms with E-state index in [0.717, 1.165) is 0 Å². The van der Waals surface area contributed by atoms with Gasteiger partial charge in [0, 0.05) is 12.3 Å². The lowest BCUT2D eigenvalue weighted by Crippen LogP contribution is -2.16. The molecule has 0 aliphatic carbocycles. The third kappa shape index (κ3) is 3.16. The van der Waals surface area contributed by atoms with E-state index in [1.54, 1.807) is 18.2 Å². The SMILES string of the molecule is COc1ccc(NS(=O)(=O)c2ncccc2N)cc1OC. The van der Waals surface area contributed by atoms with Crippen LogP contribution in [0, 0.1) is 0 Å². The number of nitrogens with zero attached hydrogens (tertiary/aromatic N) is 1. The summed E-state index contributed by atoms with van der Waals surface area (Å²) in [4.78, 5) is 3.79. The van der Waals surface area contributed by atoms with Crippen molar-refractivity contribution < 1.29 is 17.9 Å². The van der Waals surface area contributed by atoms with E-state index in [9.17, 15) is 8.42 Å². The lowest BCUT2D eigenvalue weighted by molar-refractivity contribution is 0.355. The molecule has 0 fully saturated rings. The molecule has 3 N–H and O–H groups in total. The van der Waals surface area contributed by atoms with Crippen LogP contribution in [0.5, 0.6) is 11.5 Å². The van der Waals surface area contributed by atoms with Gasteiger partial charge in [-0.3, -0.25) is 4.72 Å². The first-order valence-electron chi connectivity index (χ1n) is 5.93. The molecule has 0 atom stereocenters. The van der Waals surface area contributed by atoms with Gasteiger partial charge in [0.1, 0.15) is 0 Å². The van der Waals surface area contributed by atoms with E-state index >= 15 is 0 Å². The Balaban J connectivity index is 2.35. The molecule has 0 unspecified atom stereocenters. The molecule has 2 aromatic rings. The fourth-order valence-electron chi connectivity index (χ4n) is 1.73. The normalized spacial score (nSPS) is 11.0. The Bertz CT molecular complexity index is 747. The summed E-state index contributed by atoms with van der Waals surface area (Å²) in [5, 5.41) is -0.222. The van der Waals surface area contributed by atoms with Gasteiger partial charge in [-0.2, -0.15) is 8.42 Å². The summed E-state index contributed by atoms with van der Waals surface area (Å²) in [5.41, 5.74) is 6.03. The smallest absolute Gasteiger partial charge is 0.281 e. The molecule has 8 heteroatoms. The first-order chi connectivity index (χ1) is 9.97. The van der Waals surface area contributed by atoms with Gasteiger partial charge >= 0.3 is 0 Å². The first kappa shape index (κ1) is 14.9. The summed E-state index contributed by atoms with van der Waals surface area (Å²) in [7, 11) is -0.910. The van der Waals surface area contributed by atoms with Crippen LogP contribution in [0.25, 0.3) is 0 Å². The van der Waals surface area contributed by atoms with Gasteiger partial charge in [0.25, 0.3) is 10.0 Å². The lowest BCUT2D eigenvalue weighted by Gasteiger charge is -2.12. The van der Waals surface area contributed by atoms with Crippen LogP contribution in [0.4, 0.5) is 11.4 Å². The van der Waals surface area contributed by atoms with Crippen LogP contribution in [0.3, 0.4) is 0 Å². The number of hydrogen-bond donors (Lipinski definition) is 2. The molecule has 0 aliphatic heterocycles. The molecule has 1 aromatic carbocycles. The molecule has 2 rings (SSSR count). The Kier molecular flexibility index (Phi) is 4.18. The van der Waals surface area contributed by atoms with E-state index in [-0.39, 0.29) is 10.7 Å². The zero-order valence-electron chi connectivity index (χ0n) is 11.5. The van der Waals surface area contributed by atoms with Crippen molar-refractivity contribution in [1.29, 1.82) is 0 Å². The Hall–Kier alpha value is -2.48. The molecule has 0 amide bonds. The van der Waals surface area contributed by atoms with Crippen molar-refractivity contribution in [2.24, 2.45) is 0 Å². The highest BCUT2D eigenvalue weighted by Crippen LogP contribution is 2.30. The summed E-state index contributed by atoms with van der Waals surface area (Å²) < 4.78 is 37.1. The molecule has 7 nitrogen and oxygen atoms in total. The van der Waals surface area contributed by atoms with Crippen molar-refractivity contribution in [1.82, 2.24) is 4.98 Å². The maximum atomic E-state index is 12.3. The van der Waals surface area contributed by atoms with Crippen molar-refractivity contribution in [3.63, 3.8) is 0 Å². The van der Waals surface area contributed by atoms with Crippen molar-refractivity contribution in [3.05, 3.63) is 36.5 Å². The molecule has 21 heavy (non-hydrogen) atoms. The fraction of sp³-hybridized carbons (Fsp3) is 0.154. The van der Waals surface area contributed by atoms with Crippen LogP contribution in [0.15, 0.2) is 41.6 Å². The molecular weight excluding hydrogens is 294 g/mol. The molecule has 0 bridgehead atoms. The number of sulfonamides is 1. The Morgan fingerprint density at radius 2 is 1.86 bits per heavy atom. The maximum absolute atomic E-state index is 12.3. The molecule has 0 spiro atoms. The molecule has 0 radical (unpaired) electrons. The van der Waals surface area contributed by atoms with E-state index in [1.165, 1.54) is 32.5 Å². The summed E-state index contributed by atoms with van der Waals surface area (Å²) in [5.74, 6) is 0.907. The zero-order valence-corrected chi connectivity index (χ0v) is 12.3. The van der Waals surface area contributed by atoms with Crippen LogP contribution in [-0.2, 0) is 10.0 Å². The van der Waals surface area contributed by atoms with E-state index in [4.69, 9.17) is 15.2 Å². The van der Waals surface area contributed by atoms with Gasteiger partial charge in [-0.25, -0.2) is 4.98 Å². The van der Waals surface area contributed by atoms with Crippen molar-refractivity contribution in [2.75, 3.05) is 24.7 Å². The molecule has 112 valence electrons. The Morgan fingerprint density at radius 1 is 1.14 bits per heavy atom. The second kappa shape index (κ2) is 5.88. The van der Waals surface area contributed by atoms with Crippen LogP contribution in [0.2, 0.25) is 0 Å². The van der Waals surface area contributed by atoms with E-state index in [2.05, 4.69) is 9.71 Å². The number of benzene rings is 1. The Labute approximate surface area is 122 Å². The first-order valence-corrected chi connectivity index (χ1v) is 7.41. The van der Waals surface area contributed by atoms with Crippen LogP contribution in [-0.4, -0.2) is 27.6 Å². The van der Waals surface area contributed by atoms with Gasteiger partial charge in [-0.05, 0) is 24.3 Å². The third-order valence-corrected chi connectivity index (χ3v) is 4.05. The molecule has 1 heterocycles. The Morgan fingerprint density at radius 3 is 2.48 bits per heavy atom. The predicted octanol–water partition coefficient (Wildman–Crippen LogP) is 1.48. The van der Waals surface area contributed by atoms with E-state index in [1.807, 2.05) is 0 Å². The average molecular weight is 309 g/mol. The topological polar surface area (TPSA) is 104 Å². The predicted molar refractivity (Wildman–Crippen MR) is 79.0 cm³/mol. The third-order valence-electron chi connectivity index (χ3n) is 2.69. The number of hydrogen-bond acceptors (Lipinski definition) is 6. The number of nitrogens with two attached hydrogens (primary N) is 1. The van der Waals surface area contributed by atoms with Gasteiger partial charge in [0.2, 0.25) is 0 Å². The molecule has 0 saturated carbocycles. The summed E-state index contributed by atoms with van der Waals surface area (Å²) in [6.07, 6.45) is 1.36. The molecular formula is C13H15N3O4S.